The van der Waals surface area contributed by atoms with E-state index in [-0.39, 0.29) is 11.9 Å². The lowest BCUT2D eigenvalue weighted by molar-refractivity contribution is -0.119. The number of amides is 1. The van der Waals surface area contributed by atoms with Gasteiger partial charge in [-0.3, -0.25) is 9.79 Å². The fraction of sp³-hybridized carbons (Fsp3) is 0.125. The van der Waals surface area contributed by atoms with E-state index in [0.717, 1.165) is 5.69 Å². The lowest BCUT2D eigenvalue weighted by Gasteiger charge is -2.19. The molecule has 0 aliphatic rings. The van der Waals surface area contributed by atoms with Crippen LogP contribution >= 0.6 is 0 Å². The van der Waals surface area contributed by atoms with Crippen LogP contribution in [0.1, 0.15) is 17.3 Å². The molecule has 162 valence electrons. The number of benzene rings is 3. The average Bonchev–Trinajstić information content (AvgIpc) is 3.32. The summed E-state index contributed by atoms with van der Waals surface area (Å²) in [4.78, 5) is 28.8. The maximum atomic E-state index is 11.9. The number of para-hydroxylation sites is 2. The standard InChI is InChI=1S/C13H9N3O2.C11H14N2O/c17-13(18-10-4-2-1-3-5-10)9-6-7-11-12(8-9)15-16-14-11;1-9(12-2)11(14)13(3)10-7-5-4-6-8-10/h1-8H,(H,14,15,16);4-9H,2H2,1,3H3. The third-order valence-corrected chi connectivity index (χ3v) is 4.61. The molecule has 1 heterocycles. The molecule has 1 N–H and O–H groups in total. The van der Waals surface area contributed by atoms with Crippen LogP contribution in [0.5, 0.6) is 5.75 Å². The molecule has 32 heavy (non-hydrogen) atoms. The van der Waals surface area contributed by atoms with Crippen LogP contribution in [0.25, 0.3) is 11.0 Å². The number of aromatic amines is 1. The third-order valence-electron chi connectivity index (χ3n) is 4.61. The number of fused-ring (bicyclic) bond motifs is 1. The van der Waals surface area contributed by atoms with Gasteiger partial charge in [-0.25, -0.2) is 4.79 Å². The number of likely N-dealkylation sites (N-methyl/N-ethyl adjacent to an activating group) is 1. The number of aliphatic imine (C=N–C) groups is 1. The Morgan fingerprint density at radius 1 is 0.969 bits per heavy atom. The number of hydrogen-bond acceptors (Lipinski definition) is 6. The van der Waals surface area contributed by atoms with Gasteiger partial charge in [0.05, 0.1) is 5.56 Å². The minimum Gasteiger partial charge on any atom is -0.423 e. The molecule has 0 saturated heterocycles. The van der Waals surface area contributed by atoms with E-state index in [1.807, 2.05) is 48.5 Å². The fourth-order valence-corrected chi connectivity index (χ4v) is 2.76. The molecule has 0 bridgehead atoms. The highest BCUT2D eigenvalue weighted by molar-refractivity contribution is 5.96. The van der Waals surface area contributed by atoms with Gasteiger partial charge in [0.1, 0.15) is 22.8 Å². The smallest absolute Gasteiger partial charge is 0.343 e. The molecule has 1 amide bonds. The van der Waals surface area contributed by atoms with E-state index in [0.29, 0.717) is 22.3 Å². The van der Waals surface area contributed by atoms with E-state index in [2.05, 4.69) is 27.1 Å². The number of ether oxygens (including phenoxy) is 1. The Balaban J connectivity index is 0.000000188. The molecule has 0 radical (unpaired) electrons. The molecule has 3 aromatic carbocycles. The molecular weight excluding hydrogens is 406 g/mol. The van der Waals surface area contributed by atoms with Crippen molar-refractivity contribution < 1.29 is 14.3 Å². The van der Waals surface area contributed by atoms with Crippen molar-refractivity contribution in [2.75, 3.05) is 11.9 Å². The second-order valence-corrected chi connectivity index (χ2v) is 6.82. The predicted octanol–water partition coefficient (Wildman–Crippen LogP) is 3.92. The minimum atomic E-state index is -0.411. The zero-order valence-corrected chi connectivity index (χ0v) is 17.8. The van der Waals surface area contributed by atoms with E-state index < -0.39 is 5.97 Å². The first-order valence-electron chi connectivity index (χ1n) is 9.86. The number of anilines is 1. The van der Waals surface area contributed by atoms with Gasteiger partial charge >= 0.3 is 5.97 Å². The second kappa shape index (κ2) is 10.6. The number of esters is 1. The van der Waals surface area contributed by atoms with Crippen molar-refractivity contribution in [1.29, 1.82) is 0 Å². The molecule has 8 heteroatoms. The Hall–Kier alpha value is -4.33. The summed E-state index contributed by atoms with van der Waals surface area (Å²) in [6.45, 7) is 5.09. The number of carbonyl (C=O) groups excluding carboxylic acids is 2. The number of aromatic nitrogens is 3. The summed E-state index contributed by atoms with van der Waals surface area (Å²) in [5.74, 6) is 0.0556. The van der Waals surface area contributed by atoms with Crippen LogP contribution in [0.4, 0.5) is 5.69 Å². The van der Waals surface area contributed by atoms with Gasteiger partial charge in [0.25, 0.3) is 5.91 Å². The summed E-state index contributed by atoms with van der Waals surface area (Å²) >= 11 is 0. The normalized spacial score (nSPS) is 11.1. The van der Waals surface area contributed by atoms with Gasteiger partial charge in [0.2, 0.25) is 0 Å². The second-order valence-electron chi connectivity index (χ2n) is 6.82. The predicted molar refractivity (Wildman–Crippen MR) is 124 cm³/mol. The number of nitrogens with one attached hydrogen (secondary N) is 1. The molecular formula is C24H23N5O3. The molecule has 0 fully saturated rings. The minimum absolute atomic E-state index is 0.0498. The van der Waals surface area contributed by atoms with E-state index in [9.17, 15) is 9.59 Å². The van der Waals surface area contributed by atoms with Crippen molar-refractivity contribution in [3.05, 3.63) is 84.4 Å². The number of hydrogen-bond donors (Lipinski definition) is 1. The van der Waals surface area contributed by atoms with Gasteiger partial charge in [0.15, 0.2) is 0 Å². The molecule has 0 aliphatic carbocycles. The maximum Gasteiger partial charge on any atom is 0.343 e. The van der Waals surface area contributed by atoms with Crippen molar-refractivity contribution in [3.8, 4) is 5.75 Å². The van der Waals surface area contributed by atoms with Gasteiger partial charge < -0.3 is 9.64 Å². The van der Waals surface area contributed by atoms with Crippen molar-refractivity contribution in [2.45, 2.75) is 13.0 Å². The number of rotatable bonds is 5. The summed E-state index contributed by atoms with van der Waals surface area (Å²) in [6.07, 6.45) is 0. The van der Waals surface area contributed by atoms with Gasteiger partial charge in [-0.05, 0) is 56.1 Å². The lowest BCUT2D eigenvalue weighted by atomic mass is 10.2. The van der Waals surface area contributed by atoms with E-state index in [1.54, 1.807) is 49.2 Å². The van der Waals surface area contributed by atoms with Crippen LogP contribution in [-0.4, -0.2) is 47.1 Å². The monoisotopic (exact) mass is 429 g/mol. The zero-order valence-electron chi connectivity index (χ0n) is 17.8. The van der Waals surface area contributed by atoms with Crippen LogP contribution in [-0.2, 0) is 4.79 Å². The van der Waals surface area contributed by atoms with Crippen LogP contribution in [0.2, 0.25) is 0 Å². The third kappa shape index (κ3) is 5.63. The van der Waals surface area contributed by atoms with E-state index >= 15 is 0 Å². The molecule has 8 nitrogen and oxygen atoms in total. The van der Waals surface area contributed by atoms with Gasteiger partial charge in [-0.2, -0.15) is 15.4 Å². The number of H-pyrrole nitrogens is 1. The van der Waals surface area contributed by atoms with Crippen molar-refractivity contribution in [1.82, 2.24) is 15.4 Å². The van der Waals surface area contributed by atoms with Gasteiger partial charge in [0, 0.05) is 12.7 Å². The lowest BCUT2D eigenvalue weighted by Crippen LogP contribution is -2.33. The SMILES string of the molecule is C=NC(C)C(=O)N(C)c1ccccc1.O=C(Oc1ccccc1)c1ccc2n[nH]nc2c1. The van der Waals surface area contributed by atoms with Crippen molar-refractivity contribution in [3.63, 3.8) is 0 Å². The topological polar surface area (TPSA) is 101 Å². The molecule has 0 saturated carbocycles. The molecule has 1 atom stereocenters. The van der Waals surface area contributed by atoms with Gasteiger partial charge in [-0.1, -0.05) is 36.4 Å². The van der Waals surface area contributed by atoms with Crippen LogP contribution in [0, 0.1) is 0 Å². The average molecular weight is 429 g/mol. The Bertz CT molecular complexity index is 1190. The maximum absolute atomic E-state index is 11.9. The summed E-state index contributed by atoms with van der Waals surface area (Å²) < 4.78 is 5.23. The molecule has 4 aromatic rings. The Morgan fingerprint density at radius 3 is 2.25 bits per heavy atom. The molecule has 0 aliphatic heterocycles. The highest BCUT2D eigenvalue weighted by Gasteiger charge is 2.16. The quantitative estimate of drug-likeness (QED) is 0.294. The summed E-state index contributed by atoms with van der Waals surface area (Å²) in [7, 11) is 1.74. The summed E-state index contributed by atoms with van der Waals surface area (Å²) in [5, 5.41) is 10.3. The Morgan fingerprint density at radius 2 is 1.59 bits per heavy atom. The zero-order chi connectivity index (χ0) is 22.9. The summed E-state index contributed by atoms with van der Waals surface area (Å²) in [6, 6.07) is 23.0. The Kier molecular flexibility index (Phi) is 7.42. The van der Waals surface area contributed by atoms with Crippen molar-refractivity contribution >= 4 is 35.3 Å². The number of nitrogens with zero attached hydrogens (tertiary/aromatic N) is 4. The largest absolute Gasteiger partial charge is 0.423 e. The molecule has 1 unspecified atom stereocenters. The van der Waals surface area contributed by atoms with E-state index in [4.69, 9.17) is 4.74 Å². The molecule has 1 aromatic heterocycles. The summed E-state index contributed by atoms with van der Waals surface area (Å²) in [5.41, 5.74) is 2.66. The number of carbonyl (C=O) groups is 2. The molecule has 0 spiro atoms. The fourth-order valence-electron chi connectivity index (χ4n) is 2.76. The van der Waals surface area contributed by atoms with E-state index in [1.165, 1.54) is 0 Å². The van der Waals surface area contributed by atoms with Crippen LogP contribution < -0.4 is 9.64 Å². The first-order chi connectivity index (χ1) is 15.5. The van der Waals surface area contributed by atoms with Crippen molar-refractivity contribution in [2.24, 2.45) is 4.99 Å². The first-order valence-corrected chi connectivity index (χ1v) is 9.86. The Labute approximate surface area is 185 Å². The highest BCUT2D eigenvalue weighted by Crippen LogP contribution is 2.15. The van der Waals surface area contributed by atoms with Gasteiger partial charge in [-0.15, -0.1) is 0 Å². The van der Waals surface area contributed by atoms with Crippen LogP contribution in [0.15, 0.2) is 83.9 Å². The van der Waals surface area contributed by atoms with Crippen LogP contribution in [0.3, 0.4) is 0 Å². The first kappa shape index (κ1) is 22.4. The molecule has 4 rings (SSSR count). The highest BCUT2D eigenvalue weighted by atomic mass is 16.5.